The number of nitrogens with two attached hydrogens (primary N) is 2. The van der Waals surface area contributed by atoms with Crippen LogP contribution in [0.5, 0.6) is 5.75 Å². The third kappa shape index (κ3) is 3.01. The monoisotopic (exact) mass is 248 g/mol. The van der Waals surface area contributed by atoms with Gasteiger partial charge in [-0.05, 0) is 56.4 Å². The first-order valence-electron chi connectivity index (χ1n) is 6.39. The quantitative estimate of drug-likeness (QED) is 0.855. The van der Waals surface area contributed by atoms with Gasteiger partial charge in [-0.25, -0.2) is 0 Å². The molecule has 2 unspecified atom stereocenters. The Kier molecular flexibility index (Phi) is 3.87. The molecule has 1 aliphatic carbocycles. The first-order chi connectivity index (χ1) is 8.56. The van der Waals surface area contributed by atoms with Crippen LogP contribution in [0.1, 0.15) is 41.6 Å². The number of hydrogen-bond donors (Lipinski definition) is 2. The van der Waals surface area contributed by atoms with Crippen molar-refractivity contribution < 1.29 is 9.53 Å². The zero-order chi connectivity index (χ0) is 13.1. The van der Waals surface area contributed by atoms with Gasteiger partial charge in [-0.3, -0.25) is 4.79 Å². The standard InChI is InChI=1S/C14H20N2O2/c1-9-7-12(5-6-13(9)14(16)17)18-11-4-2-3-10(15)8-11/h5-7,10-11H,2-4,8,15H2,1H3,(H2,16,17). The molecular formula is C14H20N2O2. The molecule has 4 heteroatoms. The molecule has 4 nitrogen and oxygen atoms in total. The summed E-state index contributed by atoms with van der Waals surface area (Å²) in [6.07, 6.45) is 4.33. The zero-order valence-corrected chi connectivity index (χ0v) is 10.7. The summed E-state index contributed by atoms with van der Waals surface area (Å²) in [4.78, 5) is 11.1. The molecule has 0 spiro atoms. The van der Waals surface area contributed by atoms with E-state index in [0.29, 0.717) is 5.56 Å². The van der Waals surface area contributed by atoms with Gasteiger partial charge in [0.05, 0.1) is 0 Å². The highest BCUT2D eigenvalue weighted by atomic mass is 16.5. The van der Waals surface area contributed by atoms with Crippen molar-refractivity contribution in [1.82, 2.24) is 0 Å². The van der Waals surface area contributed by atoms with E-state index >= 15 is 0 Å². The SMILES string of the molecule is Cc1cc(OC2CCCC(N)C2)ccc1C(N)=O. The Morgan fingerprint density at radius 3 is 2.78 bits per heavy atom. The Labute approximate surface area is 107 Å². The van der Waals surface area contributed by atoms with Crippen LogP contribution < -0.4 is 16.2 Å². The molecule has 0 radical (unpaired) electrons. The number of ether oxygens (including phenoxy) is 1. The van der Waals surface area contributed by atoms with Gasteiger partial charge in [0.25, 0.3) is 0 Å². The second kappa shape index (κ2) is 5.40. The number of aryl methyl sites for hydroxylation is 1. The van der Waals surface area contributed by atoms with E-state index in [2.05, 4.69) is 0 Å². The molecule has 2 rings (SSSR count). The lowest BCUT2D eigenvalue weighted by Crippen LogP contribution is -2.33. The fraction of sp³-hybridized carbons (Fsp3) is 0.500. The molecule has 18 heavy (non-hydrogen) atoms. The number of carbonyl (C=O) groups is 1. The summed E-state index contributed by atoms with van der Waals surface area (Å²) in [5, 5.41) is 0. The van der Waals surface area contributed by atoms with Crippen molar-refractivity contribution >= 4 is 5.91 Å². The summed E-state index contributed by atoms with van der Waals surface area (Å²) in [6, 6.07) is 5.62. The molecule has 1 fully saturated rings. The van der Waals surface area contributed by atoms with E-state index in [9.17, 15) is 4.79 Å². The van der Waals surface area contributed by atoms with Gasteiger partial charge in [0, 0.05) is 11.6 Å². The molecule has 1 amide bonds. The van der Waals surface area contributed by atoms with Gasteiger partial charge in [-0.2, -0.15) is 0 Å². The number of hydrogen-bond acceptors (Lipinski definition) is 3. The maximum absolute atomic E-state index is 11.1. The molecular weight excluding hydrogens is 228 g/mol. The molecule has 2 atom stereocenters. The van der Waals surface area contributed by atoms with E-state index in [4.69, 9.17) is 16.2 Å². The van der Waals surface area contributed by atoms with Crippen LogP contribution in [0, 0.1) is 6.92 Å². The molecule has 0 saturated heterocycles. The average molecular weight is 248 g/mol. The van der Waals surface area contributed by atoms with Gasteiger partial charge in [-0.1, -0.05) is 0 Å². The van der Waals surface area contributed by atoms with Crippen LogP contribution in [-0.4, -0.2) is 18.1 Å². The molecule has 4 N–H and O–H groups in total. The molecule has 0 bridgehead atoms. The van der Waals surface area contributed by atoms with Crippen LogP contribution in [0.2, 0.25) is 0 Å². The third-order valence-corrected chi connectivity index (χ3v) is 3.43. The van der Waals surface area contributed by atoms with Crippen molar-refractivity contribution in [3.8, 4) is 5.75 Å². The van der Waals surface area contributed by atoms with Crippen LogP contribution in [0.25, 0.3) is 0 Å². The minimum Gasteiger partial charge on any atom is -0.490 e. The van der Waals surface area contributed by atoms with Gasteiger partial charge < -0.3 is 16.2 Å². The first-order valence-corrected chi connectivity index (χ1v) is 6.39. The van der Waals surface area contributed by atoms with Crippen molar-refractivity contribution in [3.63, 3.8) is 0 Å². The molecule has 0 aromatic heterocycles. The predicted octanol–water partition coefficient (Wildman–Crippen LogP) is 1.74. The second-order valence-corrected chi connectivity index (χ2v) is 5.01. The maximum atomic E-state index is 11.1. The van der Waals surface area contributed by atoms with Crippen molar-refractivity contribution in [1.29, 1.82) is 0 Å². The van der Waals surface area contributed by atoms with E-state index in [1.54, 1.807) is 12.1 Å². The Bertz CT molecular complexity index is 445. The fourth-order valence-corrected chi connectivity index (χ4v) is 2.47. The fourth-order valence-electron chi connectivity index (χ4n) is 2.47. The summed E-state index contributed by atoms with van der Waals surface area (Å²) in [6.45, 7) is 1.86. The Balaban J connectivity index is 2.05. The molecule has 1 saturated carbocycles. The molecule has 98 valence electrons. The molecule has 1 aromatic rings. The van der Waals surface area contributed by atoms with Crippen molar-refractivity contribution in [2.24, 2.45) is 11.5 Å². The number of rotatable bonds is 3. The Hall–Kier alpha value is -1.55. The van der Waals surface area contributed by atoms with Crippen molar-refractivity contribution in [2.45, 2.75) is 44.8 Å². The highest BCUT2D eigenvalue weighted by Gasteiger charge is 2.20. The molecule has 1 aromatic carbocycles. The van der Waals surface area contributed by atoms with Crippen LogP contribution in [-0.2, 0) is 0 Å². The topological polar surface area (TPSA) is 78.3 Å². The maximum Gasteiger partial charge on any atom is 0.248 e. The molecule has 1 aliphatic rings. The summed E-state index contributed by atoms with van der Waals surface area (Å²) >= 11 is 0. The third-order valence-electron chi connectivity index (χ3n) is 3.43. The first kappa shape index (κ1) is 12.9. The van der Waals surface area contributed by atoms with Gasteiger partial charge >= 0.3 is 0 Å². The van der Waals surface area contributed by atoms with E-state index in [-0.39, 0.29) is 12.1 Å². The Morgan fingerprint density at radius 2 is 2.17 bits per heavy atom. The largest absolute Gasteiger partial charge is 0.490 e. The normalized spacial score (nSPS) is 23.7. The van der Waals surface area contributed by atoms with Crippen LogP contribution in [0.4, 0.5) is 0 Å². The van der Waals surface area contributed by atoms with E-state index in [1.807, 2.05) is 13.0 Å². The number of carbonyl (C=O) groups excluding carboxylic acids is 1. The van der Waals surface area contributed by atoms with Gasteiger partial charge in [-0.15, -0.1) is 0 Å². The van der Waals surface area contributed by atoms with Crippen LogP contribution >= 0.6 is 0 Å². The minimum absolute atomic E-state index is 0.188. The van der Waals surface area contributed by atoms with Gasteiger partial charge in [0.1, 0.15) is 11.9 Å². The van der Waals surface area contributed by atoms with Gasteiger partial charge in [0.2, 0.25) is 5.91 Å². The number of benzene rings is 1. The van der Waals surface area contributed by atoms with Crippen molar-refractivity contribution in [3.05, 3.63) is 29.3 Å². The summed E-state index contributed by atoms with van der Waals surface area (Å²) < 4.78 is 5.91. The summed E-state index contributed by atoms with van der Waals surface area (Å²) in [5.74, 6) is 0.385. The minimum atomic E-state index is -0.404. The van der Waals surface area contributed by atoms with Gasteiger partial charge in [0.15, 0.2) is 0 Å². The molecule has 0 heterocycles. The summed E-state index contributed by atoms with van der Waals surface area (Å²) in [5.41, 5.74) is 12.6. The van der Waals surface area contributed by atoms with Crippen LogP contribution in [0.3, 0.4) is 0 Å². The lowest BCUT2D eigenvalue weighted by Gasteiger charge is -2.27. The summed E-state index contributed by atoms with van der Waals surface area (Å²) in [7, 11) is 0. The highest BCUT2D eigenvalue weighted by Crippen LogP contribution is 2.24. The van der Waals surface area contributed by atoms with E-state index < -0.39 is 5.91 Å². The zero-order valence-electron chi connectivity index (χ0n) is 10.7. The number of amides is 1. The predicted molar refractivity (Wildman–Crippen MR) is 70.6 cm³/mol. The average Bonchev–Trinajstić information content (AvgIpc) is 2.28. The number of primary amides is 1. The Morgan fingerprint density at radius 1 is 1.39 bits per heavy atom. The highest BCUT2D eigenvalue weighted by molar-refractivity contribution is 5.94. The smallest absolute Gasteiger partial charge is 0.248 e. The van der Waals surface area contributed by atoms with Crippen molar-refractivity contribution in [2.75, 3.05) is 0 Å². The molecule has 0 aliphatic heterocycles. The second-order valence-electron chi connectivity index (χ2n) is 5.01. The lowest BCUT2D eigenvalue weighted by atomic mass is 9.93. The van der Waals surface area contributed by atoms with E-state index in [1.165, 1.54) is 0 Å². The van der Waals surface area contributed by atoms with Crippen LogP contribution in [0.15, 0.2) is 18.2 Å². The van der Waals surface area contributed by atoms with E-state index in [0.717, 1.165) is 37.0 Å². The lowest BCUT2D eigenvalue weighted by molar-refractivity contribution is 0.0999.